The molecule has 61 heavy (non-hydrogen) atoms. The molecule has 0 saturated heterocycles. The van der Waals surface area contributed by atoms with Crippen molar-refractivity contribution >= 4 is 54.1 Å². The number of fused-ring (bicyclic) bond motifs is 9. The van der Waals surface area contributed by atoms with Gasteiger partial charge < -0.3 is 4.57 Å². The first-order valence-electron chi connectivity index (χ1n) is 21.2. The minimum absolute atomic E-state index is 1.16. The molecule has 0 N–H and O–H groups in total. The summed E-state index contributed by atoms with van der Waals surface area (Å²) < 4.78 is 2.49. The third-order valence-corrected chi connectivity index (χ3v) is 13.1. The van der Waals surface area contributed by atoms with Crippen LogP contribution < -0.4 is 0 Å². The Morgan fingerprint density at radius 1 is 0.246 bits per heavy atom. The van der Waals surface area contributed by atoms with Crippen molar-refractivity contribution in [2.75, 3.05) is 0 Å². The van der Waals surface area contributed by atoms with Crippen LogP contribution in [0.3, 0.4) is 0 Å². The van der Waals surface area contributed by atoms with Gasteiger partial charge in [0.05, 0.1) is 11.0 Å². The van der Waals surface area contributed by atoms with Crippen LogP contribution in [-0.4, -0.2) is 4.57 Å². The van der Waals surface area contributed by atoms with Gasteiger partial charge in [-0.1, -0.05) is 188 Å². The molecule has 282 valence electrons. The van der Waals surface area contributed by atoms with Crippen molar-refractivity contribution < 1.29 is 0 Å². The molecule has 13 rings (SSSR count). The van der Waals surface area contributed by atoms with E-state index in [0.29, 0.717) is 0 Å². The van der Waals surface area contributed by atoms with Crippen molar-refractivity contribution in [3.8, 4) is 72.4 Å². The van der Waals surface area contributed by atoms with Gasteiger partial charge in [-0.3, -0.25) is 0 Å². The Morgan fingerprint density at radius 2 is 0.770 bits per heavy atom. The van der Waals surface area contributed by atoms with Crippen LogP contribution in [0.15, 0.2) is 224 Å². The summed E-state index contributed by atoms with van der Waals surface area (Å²) in [6.45, 7) is 0. The first kappa shape index (κ1) is 33.9. The molecule has 1 aliphatic carbocycles. The Kier molecular flexibility index (Phi) is 7.37. The van der Waals surface area contributed by atoms with Crippen molar-refractivity contribution in [2.24, 2.45) is 0 Å². The molecule has 0 radical (unpaired) electrons. The van der Waals surface area contributed by atoms with Crippen LogP contribution in [-0.2, 0) is 0 Å². The first-order chi connectivity index (χ1) is 30.3. The molecule has 0 saturated carbocycles. The highest BCUT2D eigenvalue weighted by Gasteiger charge is 2.32. The summed E-state index contributed by atoms with van der Waals surface area (Å²) in [5.74, 6) is 0. The van der Waals surface area contributed by atoms with E-state index in [9.17, 15) is 0 Å². The van der Waals surface area contributed by atoms with Crippen molar-refractivity contribution in [1.29, 1.82) is 0 Å². The summed E-state index contributed by atoms with van der Waals surface area (Å²) >= 11 is 0. The van der Waals surface area contributed by atoms with E-state index < -0.39 is 0 Å². The van der Waals surface area contributed by atoms with Crippen molar-refractivity contribution in [3.63, 3.8) is 0 Å². The highest BCUT2D eigenvalue weighted by Crippen LogP contribution is 2.59. The molecular formula is C60H37N. The van der Waals surface area contributed by atoms with Crippen molar-refractivity contribution in [1.82, 2.24) is 4.57 Å². The normalized spacial score (nSPS) is 11.9. The lowest BCUT2D eigenvalue weighted by molar-refractivity contribution is 1.18. The van der Waals surface area contributed by atoms with Crippen LogP contribution in [0.4, 0.5) is 0 Å². The second kappa shape index (κ2) is 13.3. The third kappa shape index (κ3) is 5.08. The van der Waals surface area contributed by atoms with Crippen LogP contribution in [0.1, 0.15) is 0 Å². The Bertz CT molecular complexity index is 3710. The van der Waals surface area contributed by atoms with Gasteiger partial charge in [-0.15, -0.1) is 0 Å². The highest BCUT2D eigenvalue weighted by molar-refractivity contribution is 6.34. The molecule has 0 unspecified atom stereocenters. The Labute approximate surface area is 354 Å². The molecule has 1 aromatic heterocycles. The first-order valence-corrected chi connectivity index (χ1v) is 21.2. The standard InChI is InChI=1S/C60H37N/c1-4-16-41(17-5-1)55-47-23-12-13-24-48(47)56(42-18-6-2-7-19-42)60-52-37-54-58(49-25-14-26-50(57(49)52)59(55)60)51-36-45(33-34-53(51)61(54)46-21-8-3-9-22-46)40-29-27-39(28-30-40)44-32-31-38-15-10-11-20-43(38)35-44/h1-37H. The summed E-state index contributed by atoms with van der Waals surface area (Å²) in [5, 5.41) is 10.2. The van der Waals surface area contributed by atoms with Gasteiger partial charge in [-0.25, -0.2) is 0 Å². The summed E-state index contributed by atoms with van der Waals surface area (Å²) in [6, 6.07) is 82.9. The minimum Gasteiger partial charge on any atom is -0.309 e. The van der Waals surface area contributed by atoms with Crippen LogP contribution in [0.5, 0.6) is 0 Å². The number of aromatic nitrogens is 1. The van der Waals surface area contributed by atoms with Gasteiger partial charge in [0.2, 0.25) is 0 Å². The molecule has 11 aromatic carbocycles. The number of rotatable bonds is 5. The molecule has 0 atom stereocenters. The fourth-order valence-corrected chi connectivity index (χ4v) is 10.4. The largest absolute Gasteiger partial charge is 0.309 e. The van der Waals surface area contributed by atoms with E-state index in [1.165, 1.54) is 121 Å². The van der Waals surface area contributed by atoms with Gasteiger partial charge in [0, 0.05) is 16.5 Å². The summed E-state index contributed by atoms with van der Waals surface area (Å²) in [6.07, 6.45) is 0. The van der Waals surface area contributed by atoms with Gasteiger partial charge in [-0.05, 0) is 135 Å². The fraction of sp³-hybridized carbons (Fsp3) is 0. The summed E-state index contributed by atoms with van der Waals surface area (Å²) in [7, 11) is 0. The predicted octanol–water partition coefficient (Wildman–Crippen LogP) is 16.6. The van der Waals surface area contributed by atoms with E-state index in [1.54, 1.807) is 0 Å². The van der Waals surface area contributed by atoms with Crippen molar-refractivity contribution in [2.45, 2.75) is 0 Å². The molecule has 0 aliphatic heterocycles. The van der Waals surface area contributed by atoms with Crippen LogP contribution in [0, 0.1) is 0 Å². The molecular weight excluding hydrogens is 735 g/mol. The predicted molar refractivity (Wildman–Crippen MR) is 259 cm³/mol. The maximum absolute atomic E-state index is 2.51. The highest BCUT2D eigenvalue weighted by atomic mass is 15.0. The lowest BCUT2D eigenvalue weighted by atomic mass is 9.82. The average Bonchev–Trinajstić information content (AvgIpc) is 3.84. The van der Waals surface area contributed by atoms with Gasteiger partial charge in [0.15, 0.2) is 0 Å². The summed E-state index contributed by atoms with van der Waals surface area (Å²) in [5.41, 5.74) is 18.7. The maximum atomic E-state index is 2.51. The monoisotopic (exact) mass is 771 g/mol. The summed E-state index contributed by atoms with van der Waals surface area (Å²) in [4.78, 5) is 0. The SMILES string of the molecule is c1ccc(-c2c3c(c(-c4ccccc4)c4ccccc24)-c2cc4c(c5cccc-3c25)c2cc(-c3ccc(-c5ccc6ccccc6c5)cc3)ccc2n4-c2ccccc2)cc1. The zero-order valence-corrected chi connectivity index (χ0v) is 33.3. The number of benzene rings is 11. The number of hydrogen-bond acceptors (Lipinski definition) is 0. The topological polar surface area (TPSA) is 4.93 Å². The lowest BCUT2D eigenvalue weighted by Gasteiger charge is -2.20. The van der Waals surface area contributed by atoms with Crippen molar-refractivity contribution in [3.05, 3.63) is 224 Å². The molecule has 0 amide bonds. The Hall–Kier alpha value is -8.00. The molecule has 0 spiro atoms. The van der Waals surface area contributed by atoms with Gasteiger partial charge >= 0.3 is 0 Å². The van der Waals surface area contributed by atoms with Crippen LogP contribution in [0.2, 0.25) is 0 Å². The molecule has 1 nitrogen and oxygen atoms in total. The van der Waals surface area contributed by atoms with Gasteiger partial charge in [0.25, 0.3) is 0 Å². The maximum Gasteiger partial charge on any atom is 0.0553 e. The molecule has 0 bridgehead atoms. The van der Waals surface area contributed by atoms with Crippen LogP contribution in [0.25, 0.3) is 127 Å². The van der Waals surface area contributed by atoms with E-state index in [2.05, 4.69) is 229 Å². The minimum atomic E-state index is 1.16. The van der Waals surface area contributed by atoms with E-state index in [1.807, 2.05) is 0 Å². The lowest BCUT2D eigenvalue weighted by Crippen LogP contribution is -1.95. The number of hydrogen-bond donors (Lipinski definition) is 0. The molecule has 1 aliphatic rings. The van der Waals surface area contributed by atoms with Gasteiger partial charge in [0.1, 0.15) is 0 Å². The quantitative estimate of drug-likeness (QED) is 0.164. The molecule has 1 heteroatoms. The zero-order chi connectivity index (χ0) is 40.0. The van der Waals surface area contributed by atoms with E-state index in [-0.39, 0.29) is 0 Å². The van der Waals surface area contributed by atoms with Gasteiger partial charge in [-0.2, -0.15) is 0 Å². The zero-order valence-electron chi connectivity index (χ0n) is 33.3. The van der Waals surface area contributed by atoms with E-state index >= 15 is 0 Å². The molecule has 12 aromatic rings. The smallest absolute Gasteiger partial charge is 0.0553 e. The van der Waals surface area contributed by atoms with E-state index in [0.717, 1.165) is 5.69 Å². The third-order valence-electron chi connectivity index (χ3n) is 13.1. The van der Waals surface area contributed by atoms with Crippen LogP contribution >= 0.6 is 0 Å². The Balaban J connectivity index is 1.10. The second-order valence-corrected chi connectivity index (χ2v) is 16.4. The number of para-hydroxylation sites is 1. The fourth-order valence-electron chi connectivity index (χ4n) is 10.4. The number of nitrogens with zero attached hydrogens (tertiary/aromatic N) is 1. The molecule has 0 fully saturated rings. The Morgan fingerprint density at radius 3 is 1.44 bits per heavy atom. The second-order valence-electron chi connectivity index (χ2n) is 16.4. The average molecular weight is 772 g/mol. The molecule has 1 heterocycles. The van der Waals surface area contributed by atoms with E-state index in [4.69, 9.17) is 0 Å².